The van der Waals surface area contributed by atoms with E-state index < -0.39 is 60.8 Å². The summed E-state index contributed by atoms with van der Waals surface area (Å²) in [5.74, 6) is -1.30. The number of nitrogens with zero attached hydrogens (tertiary/aromatic N) is 1. The van der Waals surface area contributed by atoms with Gasteiger partial charge < -0.3 is 40.5 Å². The predicted molar refractivity (Wildman–Crippen MR) is 153 cm³/mol. The van der Waals surface area contributed by atoms with Crippen molar-refractivity contribution in [1.29, 1.82) is 0 Å². The summed E-state index contributed by atoms with van der Waals surface area (Å²) in [7, 11) is 0. The van der Waals surface area contributed by atoms with E-state index in [1.54, 1.807) is 18.2 Å². The highest BCUT2D eigenvalue weighted by Gasteiger charge is 2.41. The summed E-state index contributed by atoms with van der Waals surface area (Å²) < 4.78 is 19.9. The molecule has 0 spiro atoms. The smallest absolute Gasteiger partial charge is 0.260 e. The van der Waals surface area contributed by atoms with Crippen molar-refractivity contribution in [2.24, 2.45) is 0 Å². The molecular formula is C31H31FN2O8. The third-order valence-electron chi connectivity index (χ3n) is 7.19. The van der Waals surface area contributed by atoms with Crippen LogP contribution in [-0.4, -0.2) is 85.4 Å². The first-order valence-corrected chi connectivity index (χ1v) is 12.9. The normalized spacial score (nSPS) is 19.9. The van der Waals surface area contributed by atoms with Crippen LogP contribution in [-0.2, 0) is 9.53 Å². The van der Waals surface area contributed by atoms with Gasteiger partial charge in [0, 0.05) is 16.7 Å². The zero-order valence-electron chi connectivity index (χ0n) is 22.5. The molecule has 0 radical (unpaired) electrons. The number of aliphatic hydroxyl groups excluding tert-OH is 5. The molecule has 4 atom stereocenters. The van der Waals surface area contributed by atoms with Crippen molar-refractivity contribution in [3.63, 3.8) is 0 Å². The molecule has 0 fully saturated rings. The van der Waals surface area contributed by atoms with E-state index in [9.17, 15) is 34.4 Å². The van der Waals surface area contributed by atoms with Gasteiger partial charge in [0.05, 0.1) is 24.4 Å². The number of carbonyl (C=O) groups excluding carboxylic acids is 2. The van der Waals surface area contributed by atoms with Crippen LogP contribution in [0, 0.1) is 5.82 Å². The van der Waals surface area contributed by atoms with E-state index in [0.29, 0.717) is 22.4 Å². The van der Waals surface area contributed by atoms with Crippen LogP contribution in [0.4, 0.5) is 10.1 Å². The average molecular weight is 579 g/mol. The van der Waals surface area contributed by atoms with E-state index in [-0.39, 0.29) is 16.9 Å². The molecule has 2 aromatic rings. The van der Waals surface area contributed by atoms with Gasteiger partial charge in [-0.15, -0.1) is 0 Å². The second kappa shape index (κ2) is 12.2. The fraction of sp³-hybridized carbons (Fsp3) is 0.226. The highest BCUT2D eigenvalue weighted by atomic mass is 19.1. The van der Waals surface area contributed by atoms with E-state index in [4.69, 9.17) is 9.84 Å². The van der Waals surface area contributed by atoms with Gasteiger partial charge in [0.15, 0.2) is 5.60 Å². The number of hydrogen-bond donors (Lipinski definition) is 6. The summed E-state index contributed by atoms with van der Waals surface area (Å²) in [4.78, 5) is 27.0. The van der Waals surface area contributed by atoms with Gasteiger partial charge in [-0.1, -0.05) is 31.9 Å². The Morgan fingerprint density at radius 1 is 1.02 bits per heavy atom. The molecule has 2 aromatic carbocycles. The van der Waals surface area contributed by atoms with Gasteiger partial charge in [0.1, 0.15) is 36.0 Å². The van der Waals surface area contributed by atoms with Crippen molar-refractivity contribution in [1.82, 2.24) is 4.90 Å². The van der Waals surface area contributed by atoms with Crippen molar-refractivity contribution >= 4 is 28.6 Å². The number of ether oxygens (including phenoxy) is 1. The minimum atomic E-state index is -1.85. The van der Waals surface area contributed by atoms with Crippen LogP contribution in [0.15, 0.2) is 92.4 Å². The van der Waals surface area contributed by atoms with Crippen molar-refractivity contribution in [2.45, 2.75) is 30.0 Å². The predicted octanol–water partition coefficient (Wildman–Crippen LogP) is 1.74. The van der Waals surface area contributed by atoms with Crippen LogP contribution >= 0.6 is 0 Å². The summed E-state index contributed by atoms with van der Waals surface area (Å²) in [6, 6.07) is 10.3. The standard InChI is InChI=1S/C31H31FN2O8/c1-4-31(5-2)21(14-25(42-31)26-20-12-11-19(32)13-22(20)33-29(26)40)17-7-9-18(10-8-17)30(41)34(6-3)15-23(36)27(38)28(39)24(37)16-35/h4-14,23-24,27-28,35-39H,1-3,15-16H2,(H,33,40)/b26-25+/t23-,24+,27+,28-/m0/s1. The molecule has 0 unspecified atom stereocenters. The molecule has 2 aliphatic heterocycles. The minimum Gasteiger partial charge on any atom is -0.473 e. The van der Waals surface area contributed by atoms with E-state index in [2.05, 4.69) is 25.1 Å². The third kappa shape index (κ3) is 5.56. The Balaban J connectivity index is 1.62. The molecule has 11 heteroatoms. The SMILES string of the molecule is C=CN(C[C@H](O)[C@@H](O)[C@@H](O)[C@H](O)CO)C(=O)c1ccc(C2=C/C(=C3\C(=O)Nc4cc(F)ccc43)OC2(C=C)C=C)cc1. The lowest BCUT2D eigenvalue weighted by Crippen LogP contribution is -2.49. The summed E-state index contributed by atoms with van der Waals surface area (Å²) in [5.41, 5.74) is 1.19. The first kappa shape index (κ1) is 30.6. The van der Waals surface area contributed by atoms with E-state index in [0.717, 1.165) is 11.1 Å². The van der Waals surface area contributed by atoms with Crippen molar-refractivity contribution in [3.8, 4) is 0 Å². The van der Waals surface area contributed by atoms with Crippen LogP contribution in [0.3, 0.4) is 0 Å². The number of benzene rings is 2. The maximum absolute atomic E-state index is 13.7. The lowest BCUT2D eigenvalue weighted by atomic mass is 9.88. The number of anilines is 1. The first-order chi connectivity index (χ1) is 20.0. The number of hydrogen-bond acceptors (Lipinski definition) is 8. The average Bonchev–Trinajstić information content (AvgIpc) is 3.54. The van der Waals surface area contributed by atoms with E-state index in [1.165, 1.54) is 42.5 Å². The number of carbonyl (C=O) groups is 2. The molecule has 2 heterocycles. The summed E-state index contributed by atoms with van der Waals surface area (Å²) in [6.07, 6.45) is -1.19. The quantitative estimate of drug-likeness (QED) is 0.174. The summed E-state index contributed by atoms with van der Waals surface area (Å²) in [6.45, 7) is 10.0. The molecule has 2 aliphatic rings. The molecule has 0 saturated carbocycles. The molecule has 4 rings (SSSR count). The van der Waals surface area contributed by atoms with E-state index in [1.807, 2.05) is 0 Å². The fourth-order valence-corrected chi connectivity index (χ4v) is 4.79. The van der Waals surface area contributed by atoms with Crippen LogP contribution in [0.2, 0.25) is 0 Å². The third-order valence-corrected chi connectivity index (χ3v) is 7.19. The topological polar surface area (TPSA) is 160 Å². The van der Waals surface area contributed by atoms with Crippen LogP contribution in [0.1, 0.15) is 21.5 Å². The van der Waals surface area contributed by atoms with Gasteiger partial charge in [0.25, 0.3) is 11.8 Å². The number of allylic oxidation sites excluding steroid dienone is 1. The number of aliphatic hydroxyl groups is 5. The van der Waals surface area contributed by atoms with Gasteiger partial charge in [-0.25, -0.2) is 4.39 Å². The van der Waals surface area contributed by atoms with Gasteiger partial charge in [-0.2, -0.15) is 0 Å². The number of halogens is 1. The lowest BCUT2D eigenvalue weighted by molar-refractivity contribution is -0.116. The van der Waals surface area contributed by atoms with Crippen molar-refractivity contribution in [3.05, 3.63) is 115 Å². The number of amides is 2. The van der Waals surface area contributed by atoms with Gasteiger partial charge in [0.2, 0.25) is 0 Å². The second-order valence-electron chi connectivity index (χ2n) is 9.76. The molecule has 0 aromatic heterocycles. The molecule has 220 valence electrons. The summed E-state index contributed by atoms with van der Waals surface area (Å²) in [5, 5.41) is 51.4. The monoisotopic (exact) mass is 578 g/mol. The molecule has 42 heavy (non-hydrogen) atoms. The van der Waals surface area contributed by atoms with Gasteiger partial charge >= 0.3 is 0 Å². The molecule has 6 N–H and O–H groups in total. The minimum absolute atomic E-state index is 0.198. The van der Waals surface area contributed by atoms with E-state index >= 15 is 0 Å². The number of rotatable bonds is 11. The fourth-order valence-electron chi connectivity index (χ4n) is 4.79. The number of nitrogens with one attached hydrogen (secondary N) is 1. The Bertz CT molecular complexity index is 1470. The maximum Gasteiger partial charge on any atom is 0.260 e. The molecule has 0 aliphatic carbocycles. The second-order valence-corrected chi connectivity index (χ2v) is 9.76. The van der Waals surface area contributed by atoms with Crippen LogP contribution in [0.25, 0.3) is 11.1 Å². The van der Waals surface area contributed by atoms with Gasteiger partial charge in [-0.05, 0) is 60.3 Å². The zero-order chi connectivity index (χ0) is 30.8. The Labute approximate surface area is 241 Å². The zero-order valence-corrected chi connectivity index (χ0v) is 22.5. The Kier molecular flexibility index (Phi) is 8.90. The van der Waals surface area contributed by atoms with Crippen LogP contribution in [0.5, 0.6) is 0 Å². The number of fused-ring (bicyclic) bond motifs is 1. The van der Waals surface area contributed by atoms with Crippen molar-refractivity contribution in [2.75, 3.05) is 18.5 Å². The maximum atomic E-state index is 13.7. The van der Waals surface area contributed by atoms with Crippen LogP contribution < -0.4 is 5.32 Å². The molecule has 2 amide bonds. The summed E-state index contributed by atoms with van der Waals surface area (Å²) >= 11 is 0. The Morgan fingerprint density at radius 3 is 2.26 bits per heavy atom. The molecule has 10 nitrogen and oxygen atoms in total. The highest BCUT2D eigenvalue weighted by Crippen LogP contribution is 2.46. The molecule has 0 bridgehead atoms. The Morgan fingerprint density at radius 2 is 1.67 bits per heavy atom. The lowest BCUT2D eigenvalue weighted by Gasteiger charge is -2.29. The largest absolute Gasteiger partial charge is 0.473 e. The Hall–Kier alpha value is -4.39. The van der Waals surface area contributed by atoms with Gasteiger partial charge in [-0.3, -0.25) is 9.59 Å². The van der Waals surface area contributed by atoms with Crippen molar-refractivity contribution < 1.29 is 44.2 Å². The first-order valence-electron chi connectivity index (χ1n) is 12.9. The highest BCUT2D eigenvalue weighted by molar-refractivity contribution is 6.32. The molecule has 0 saturated heterocycles. The molecular weight excluding hydrogens is 547 g/mol.